The number of fused-ring (bicyclic) bond motifs is 1. The summed E-state index contributed by atoms with van der Waals surface area (Å²) in [6.07, 6.45) is -1.03. The minimum Gasteiger partial charge on any atom is -0.454 e. The summed E-state index contributed by atoms with van der Waals surface area (Å²) in [5, 5.41) is 15.6. The van der Waals surface area contributed by atoms with Crippen molar-refractivity contribution in [3.8, 4) is 11.5 Å². The number of rotatable bonds is 14. The molecule has 3 rings (SSSR count). The van der Waals surface area contributed by atoms with Gasteiger partial charge in [0.25, 0.3) is 5.91 Å². The highest BCUT2D eigenvalue weighted by molar-refractivity contribution is 7.89. The van der Waals surface area contributed by atoms with Crippen LogP contribution in [0.3, 0.4) is 0 Å². The average molecular weight is 591 g/mol. The lowest BCUT2D eigenvalue weighted by atomic mass is 9.99. The number of aliphatic hydroxyl groups is 1. The number of likely N-dealkylation sites (N-methyl/N-ethyl adjacent to an activating group) is 1. The predicted molar refractivity (Wildman–Crippen MR) is 154 cm³/mol. The van der Waals surface area contributed by atoms with Gasteiger partial charge in [-0.25, -0.2) is 13.4 Å². The van der Waals surface area contributed by atoms with Crippen LogP contribution in [0.25, 0.3) is 0 Å². The Morgan fingerprint density at radius 1 is 0.976 bits per heavy atom. The monoisotopic (exact) mass is 590 g/mol. The Morgan fingerprint density at radius 3 is 2.29 bits per heavy atom. The van der Waals surface area contributed by atoms with Gasteiger partial charge in [-0.05, 0) is 43.0 Å². The predicted octanol–water partition coefficient (Wildman–Crippen LogP) is 2.16. The lowest BCUT2D eigenvalue weighted by molar-refractivity contribution is -0.148. The van der Waals surface area contributed by atoms with Gasteiger partial charge >= 0.3 is 0 Å². The molecule has 2 atom stereocenters. The van der Waals surface area contributed by atoms with E-state index in [0.29, 0.717) is 11.5 Å². The third kappa shape index (κ3) is 8.90. The van der Waals surface area contributed by atoms with Crippen molar-refractivity contribution in [1.29, 1.82) is 0 Å². The second kappa shape index (κ2) is 14.6. The molecule has 41 heavy (non-hydrogen) atoms. The molecule has 2 aromatic rings. The highest BCUT2D eigenvalue weighted by atomic mass is 32.2. The molecule has 1 heterocycles. The molecule has 1 unspecified atom stereocenters. The molecule has 0 radical (unpaired) electrons. The standard InChI is InChI=1S/C29H42N4O7S/c1-20(2)13-29(36)33(31-28(35)16-30-5)24(14-22-9-7-6-8-10-22)25(34)18-32(17-21(3)4)41(37,38)23-11-12-26-27(15-23)40-19-39-26/h6-12,15,20-21,24-25,30,34H,13-14,16-19H2,1-5H3,(H,31,35)/t24?,25-/m1/s1. The number of nitrogens with one attached hydrogen (secondary N) is 2. The van der Waals surface area contributed by atoms with Gasteiger partial charge in [0.05, 0.1) is 23.6 Å². The lowest BCUT2D eigenvalue weighted by Crippen LogP contribution is -2.60. The van der Waals surface area contributed by atoms with Gasteiger partial charge in [0.1, 0.15) is 0 Å². The molecule has 3 N–H and O–H groups in total. The normalized spacial score (nSPS) is 14.4. The van der Waals surface area contributed by atoms with Crippen LogP contribution in [-0.2, 0) is 26.0 Å². The fourth-order valence-corrected chi connectivity index (χ4v) is 6.20. The molecule has 1 aliphatic rings. The van der Waals surface area contributed by atoms with E-state index in [0.717, 1.165) is 5.56 Å². The number of sulfonamides is 1. The molecule has 0 aromatic heterocycles. The third-order valence-electron chi connectivity index (χ3n) is 6.44. The zero-order valence-electron chi connectivity index (χ0n) is 24.4. The van der Waals surface area contributed by atoms with Gasteiger partial charge < -0.3 is 19.9 Å². The maximum atomic E-state index is 13.9. The molecule has 0 fully saturated rings. The first kappa shape index (κ1) is 32.3. The van der Waals surface area contributed by atoms with Crippen LogP contribution in [0.4, 0.5) is 0 Å². The third-order valence-corrected chi connectivity index (χ3v) is 8.27. The molecule has 0 spiro atoms. The molecule has 0 bridgehead atoms. The van der Waals surface area contributed by atoms with Gasteiger partial charge in [0, 0.05) is 25.6 Å². The second-order valence-corrected chi connectivity index (χ2v) is 12.9. The first-order chi connectivity index (χ1) is 19.4. The van der Waals surface area contributed by atoms with E-state index in [1.165, 1.54) is 21.4 Å². The number of hydrogen-bond donors (Lipinski definition) is 3. The number of carbonyl (C=O) groups is 2. The van der Waals surface area contributed by atoms with Gasteiger partial charge in [-0.3, -0.25) is 15.0 Å². The largest absolute Gasteiger partial charge is 0.454 e. The molecular weight excluding hydrogens is 548 g/mol. The van der Waals surface area contributed by atoms with E-state index in [9.17, 15) is 23.1 Å². The molecular formula is C29H42N4O7S. The molecule has 2 aromatic carbocycles. The molecule has 0 saturated carbocycles. The van der Waals surface area contributed by atoms with Crippen LogP contribution in [0, 0.1) is 11.8 Å². The minimum absolute atomic E-state index is 0.00396. The van der Waals surface area contributed by atoms with E-state index in [2.05, 4.69) is 10.7 Å². The molecule has 0 saturated heterocycles. The first-order valence-corrected chi connectivity index (χ1v) is 15.2. The van der Waals surface area contributed by atoms with E-state index in [-0.39, 0.29) is 61.9 Å². The zero-order valence-corrected chi connectivity index (χ0v) is 25.2. The van der Waals surface area contributed by atoms with E-state index in [1.807, 2.05) is 58.0 Å². The number of aliphatic hydroxyl groups excluding tert-OH is 1. The molecule has 0 aliphatic carbocycles. The van der Waals surface area contributed by atoms with Crippen LogP contribution in [0.1, 0.15) is 39.7 Å². The smallest absolute Gasteiger partial charge is 0.252 e. The quantitative estimate of drug-likeness (QED) is 0.285. The maximum absolute atomic E-state index is 13.9. The Labute approximate surface area is 242 Å². The number of benzene rings is 2. The number of amides is 2. The summed E-state index contributed by atoms with van der Waals surface area (Å²) in [7, 11) is -2.47. The van der Waals surface area contributed by atoms with E-state index in [1.54, 1.807) is 13.1 Å². The van der Waals surface area contributed by atoms with E-state index < -0.39 is 28.1 Å². The Hall–Kier alpha value is -3.19. The summed E-state index contributed by atoms with van der Waals surface area (Å²) in [4.78, 5) is 26.1. The number of hydrogen-bond acceptors (Lipinski definition) is 8. The Balaban J connectivity index is 1.99. The molecule has 11 nitrogen and oxygen atoms in total. The van der Waals surface area contributed by atoms with Crippen molar-refractivity contribution in [1.82, 2.24) is 20.1 Å². The Kier molecular flexibility index (Phi) is 11.5. The topological polar surface area (TPSA) is 138 Å². The summed E-state index contributed by atoms with van der Waals surface area (Å²) in [5.74, 6) is -0.118. The second-order valence-electron chi connectivity index (χ2n) is 11.0. The van der Waals surface area contributed by atoms with Crippen molar-refractivity contribution in [2.24, 2.45) is 11.8 Å². The van der Waals surface area contributed by atoms with Crippen molar-refractivity contribution in [2.45, 2.75) is 57.6 Å². The van der Waals surface area contributed by atoms with Crippen molar-refractivity contribution in [3.63, 3.8) is 0 Å². The fraction of sp³-hybridized carbons (Fsp3) is 0.517. The Bertz CT molecular complexity index is 1270. The SMILES string of the molecule is CNCC(=O)NN(C(=O)CC(C)C)C(Cc1ccccc1)[C@H](O)CN(CC(C)C)S(=O)(=O)c1ccc2c(c1)OCO2. The van der Waals surface area contributed by atoms with E-state index >= 15 is 0 Å². The van der Waals surface area contributed by atoms with Gasteiger partial charge in [0.15, 0.2) is 11.5 Å². The number of hydrazine groups is 1. The van der Waals surface area contributed by atoms with E-state index in [4.69, 9.17) is 9.47 Å². The molecule has 226 valence electrons. The maximum Gasteiger partial charge on any atom is 0.252 e. The highest BCUT2D eigenvalue weighted by Gasteiger charge is 2.36. The van der Waals surface area contributed by atoms with Crippen molar-refractivity contribution in [2.75, 3.05) is 33.5 Å². The lowest BCUT2D eigenvalue weighted by Gasteiger charge is -2.37. The van der Waals surface area contributed by atoms with Crippen LogP contribution in [0.2, 0.25) is 0 Å². The average Bonchev–Trinajstić information content (AvgIpc) is 3.38. The summed E-state index contributed by atoms with van der Waals surface area (Å²) in [6.45, 7) is 7.31. The van der Waals surface area contributed by atoms with Crippen molar-refractivity contribution >= 4 is 21.8 Å². The van der Waals surface area contributed by atoms with Gasteiger partial charge in [0.2, 0.25) is 22.7 Å². The van der Waals surface area contributed by atoms with Crippen LogP contribution < -0.4 is 20.2 Å². The van der Waals surface area contributed by atoms with Gasteiger partial charge in [-0.2, -0.15) is 4.31 Å². The number of ether oxygens (including phenoxy) is 2. The van der Waals surface area contributed by atoms with Gasteiger partial charge in [-0.1, -0.05) is 58.0 Å². The van der Waals surface area contributed by atoms with Crippen LogP contribution in [0.15, 0.2) is 53.4 Å². The minimum atomic E-state index is -4.08. The first-order valence-electron chi connectivity index (χ1n) is 13.8. The van der Waals surface area contributed by atoms with Crippen LogP contribution in [0.5, 0.6) is 11.5 Å². The highest BCUT2D eigenvalue weighted by Crippen LogP contribution is 2.35. The van der Waals surface area contributed by atoms with Crippen LogP contribution in [-0.4, -0.2) is 80.3 Å². The summed E-state index contributed by atoms with van der Waals surface area (Å²) in [6, 6.07) is 12.7. The zero-order chi connectivity index (χ0) is 30.2. The van der Waals surface area contributed by atoms with Gasteiger partial charge in [-0.15, -0.1) is 0 Å². The number of nitrogens with zero attached hydrogens (tertiary/aromatic N) is 2. The summed E-state index contributed by atoms with van der Waals surface area (Å²) >= 11 is 0. The molecule has 2 amide bonds. The summed E-state index contributed by atoms with van der Waals surface area (Å²) < 4.78 is 39.6. The van der Waals surface area contributed by atoms with Crippen molar-refractivity contribution in [3.05, 3.63) is 54.1 Å². The molecule has 1 aliphatic heterocycles. The molecule has 12 heteroatoms. The summed E-state index contributed by atoms with van der Waals surface area (Å²) in [5.41, 5.74) is 3.48. The van der Waals surface area contributed by atoms with Crippen LogP contribution >= 0.6 is 0 Å². The number of carbonyl (C=O) groups excluding carboxylic acids is 2. The fourth-order valence-electron chi connectivity index (χ4n) is 4.56. The van der Waals surface area contributed by atoms with Crippen molar-refractivity contribution < 1.29 is 32.6 Å². The Morgan fingerprint density at radius 2 is 1.66 bits per heavy atom.